The standard InChI is InChI=1S/C12H15ClN2O/c13-7-12(16)15-6-5-9(8-14)10-3-1-2-4-11(10)15/h1-4,9H,5-8,14H2. The molecule has 0 spiro atoms. The van der Waals surface area contributed by atoms with Crippen LogP contribution in [0.5, 0.6) is 0 Å². The van der Waals surface area contributed by atoms with E-state index in [9.17, 15) is 4.79 Å². The highest BCUT2D eigenvalue weighted by Gasteiger charge is 2.26. The Bertz CT molecular complexity index is 394. The van der Waals surface area contributed by atoms with Crippen molar-refractivity contribution in [3.8, 4) is 0 Å². The van der Waals surface area contributed by atoms with E-state index in [1.54, 1.807) is 4.90 Å². The maximum atomic E-state index is 11.7. The van der Waals surface area contributed by atoms with Crippen molar-refractivity contribution in [1.82, 2.24) is 0 Å². The highest BCUT2D eigenvalue weighted by atomic mass is 35.5. The molecule has 1 aromatic carbocycles. The Labute approximate surface area is 100 Å². The number of nitrogens with zero attached hydrogens (tertiary/aromatic N) is 1. The predicted octanol–water partition coefficient (Wildman–Crippen LogP) is 1.70. The third-order valence-corrected chi connectivity index (χ3v) is 3.30. The molecule has 0 aliphatic carbocycles. The summed E-state index contributed by atoms with van der Waals surface area (Å²) in [5.74, 6) is 0.349. The molecular formula is C12H15ClN2O. The summed E-state index contributed by atoms with van der Waals surface area (Å²) in [5, 5.41) is 0. The molecule has 0 radical (unpaired) electrons. The number of anilines is 1. The van der Waals surface area contributed by atoms with Gasteiger partial charge in [0.1, 0.15) is 5.88 Å². The molecule has 1 aliphatic heterocycles. The minimum Gasteiger partial charge on any atom is -0.330 e. The number of carbonyl (C=O) groups excluding carboxylic acids is 1. The lowest BCUT2D eigenvalue weighted by atomic mass is 9.90. The number of halogens is 1. The summed E-state index contributed by atoms with van der Waals surface area (Å²) in [6, 6.07) is 7.92. The van der Waals surface area contributed by atoms with Gasteiger partial charge < -0.3 is 10.6 Å². The van der Waals surface area contributed by atoms with Crippen LogP contribution in [0.4, 0.5) is 5.69 Å². The SMILES string of the molecule is NCC1CCN(C(=O)CCl)c2ccccc21. The summed E-state index contributed by atoms with van der Waals surface area (Å²) in [5.41, 5.74) is 7.87. The fourth-order valence-electron chi connectivity index (χ4n) is 2.22. The number of amides is 1. The lowest BCUT2D eigenvalue weighted by Gasteiger charge is -2.33. The number of hydrogen-bond donors (Lipinski definition) is 1. The molecule has 86 valence electrons. The fraction of sp³-hybridized carbons (Fsp3) is 0.417. The van der Waals surface area contributed by atoms with E-state index in [0.29, 0.717) is 19.0 Å². The van der Waals surface area contributed by atoms with Crippen LogP contribution in [0, 0.1) is 0 Å². The van der Waals surface area contributed by atoms with Gasteiger partial charge >= 0.3 is 0 Å². The van der Waals surface area contributed by atoms with Crippen molar-refractivity contribution in [2.45, 2.75) is 12.3 Å². The molecule has 2 rings (SSSR count). The second kappa shape index (κ2) is 4.85. The van der Waals surface area contributed by atoms with Gasteiger partial charge in [-0.05, 0) is 30.5 Å². The van der Waals surface area contributed by atoms with Crippen LogP contribution in [0.15, 0.2) is 24.3 Å². The second-order valence-electron chi connectivity index (χ2n) is 3.96. The summed E-state index contributed by atoms with van der Waals surface area (Å²) in [7, 11) is 0. The lowest BCUT2D eigenvalue weighted by molar-refractivity contribution is -0.116. The van der Waals surface area contributed by atoms with Crippen molar-refractivity contribution in [2.75, 3.05) is 23.9 Å². The van der Waals surface area contributed by atoms with E-state index in [-0.39, 0.29) is 11.8 Å². The second-order valence-corrected chi connectivity index (χ2v) is 4.23. The van der Waals surface area contributed by atoms with Crippen molar-refractivity contribution in [3.63, 3.8) is 0 Å². The Balaban J connectivity index is 2.38. The molecule has 0 saturated heterocycles. The molecule has 0 saturated carbocycles. The van der Waals surface area contributed by atoms with Gasteiger partial charge in [-0.3, -0.25) is 4.79 Å². The third kappa shape index (κ3) is 1.93. The predicted molar refractivity (Wildman–Crippen MR) is 65.9 cm³/mol. The van der Waals surface area contributed by atoms with Crippen LogP contribution in [0.1, 0.15) is 17.9 Å². The number of alkyl halides is 1. The zero-order valence-electron chi connectivity index (χ0n) is 9.03. The zero-order valence-corrected chi connectivity index (χ0v) is 9.78. The van der Waals surface area contributed by atoms with Crippen LogP contribution >= 0.6 is 11.6 Å². The molecule has 16 heavy (non-hydrogen) atoms. The largest absolute Gasteiger partial charge is 0.330 e. The molecule has 1 atom stereocenters. The van der Waals surface area contributed by atoms with Crippen molar-refractivity contribution in [1.29, 1.82) is 0 Å². The van der Waals surface area contributed by atoms with Gasteiger partial charge in [-0.15, -0.1) is 11.6 Å². The lowest BCUT2D eigenvalue weighted by Crippen LogP contribution is -2.38. The number of hydrogen-bond acceptors (Lipinski definition) is 2. The molecule has 1 heterocycles. The molecule has 0 aromatic heterocycles. The van der Waals surface area contributed by atoms with Crippen molar-refractivity contribution in [3.05, 3.63) is 29.8 Å². The maximum absolute atomic E-state index is 11.7. The average Bonchev–Trinajstić information content (AvgIpc) is 2.36. The van der Waals surface area contributed by atoms with Crippen LogP contribution in [0.2, 0.25) is 0 Å². The normalized spacial score (nSPS) is 19.4. The van der Waals surface area contributed by atoms with E-state index in [2.05, 4.69) is 0 Å². The molecule has 3 nitrogen and oxygen atoms in total. The summed E-state index contributed by atoms with van der Waals surface area (Å²) in [4.78, 5) is 13.4. The minimum absolute atomic E-state index is 0.0294. The van der Waals surface area contributed by atoms with Gasteiger partial charge in [0.2, 0.25) is 5.91 Å². The quantitative estimate of drug-likeness (QED) is 0.798. The number of benzene rings is 1. The molecule has 1 amide bonds. The molecule has 0 fully saturated rings. The first-order chi connectivity index (χ1) is 7.77. The first kappa shape index (κ1) is 11.4. The highest BCUT2D eigenvalue weighted by molar-refractivity contribution is 6.29. The van der Waals surface area contributed by atoms with Crippen molar-refractivity contribution in [2.24, 2.45) is 5.73 Å². The van der Waals surface area contributed by atoms with E-state index in [1.165, 1.54) is 0 Å². The van der Waals surface area contributed by atoms with E-state index in [4.69, 9.17) is 17.3 Å². The van der Waals surface area contributed by atoms with Gasteiger partial charge in [-0.2, -0.15) is 0 Å². The van der Waals surface area contributed by atoms with Crippen molar-refractivity contribution >= 4 is 23.2 Å². The van der Waals surface area contributed by atoms with Crippen LogP contribution in [-0.2, 0) is 4.79 Å². The van der Waals surface area contributed by atoms with Crippen LogP contribution in [0.25, 0.3) is 0 Å². The average molecular weight is 239 g/mol. The van der Waals surface area contributed by atoms with Crippen LogP contribution < -0.4 is 10.6 Å². The van der Waals surface area contributed by atoms with Gasteiger partial charge in [0.25, 0.3) is 0 Å². The van der Waals surface area contributed by atoms with Crippen molar-refractivity contribution < 1.29 is 4.79 Å². The minimum atomic E-state index is -0.0374. The topological polar surface area (TPSA) is 46.3 Å². The van der Waals surface area contributed by atoms with Crippen LogP contribution in [0.3, 0.4) is 0 Å². The number of fused-ring (bicyclic) bond motifs is 1. The molecular weight excluding hydrogens is 224 g/mol. The summed E-state index contributed by atoms with van der Waals surface area (Å²) in [6.45, 7) is 1.34. The van der Waals surface area contributed by atoms with E-state index < -0.39 is 0 Å². The Kier molecular flexibility index (Phi) is 3.46. The first-order valence-electron chi connectivity index (χ1n) is 5.43. The molecule has 1 aromatic rings. The number of rotatable bonds is 2. The smallest absolute Gasteiger partial charge is 0.241 e. The van der Waals surface area contributed by atoms with Gasteiger partial charge in [0.15, 0.2) is 0 Å². The Hall–Kier alpha value is -1.06. The first-order valence-corrected chi connectivity index (χ1v) is 5.96. The fourth-order valence-corrected chi connectivity index (χ4v) is 2.36. The summed E-state index contributed by atoms with van der Waals surface area (Å²) in [6.07, 6.45) is 0.913. The number of para-hydroxylation sites is 1. The molecule has 4 heteroatoms. The number of nitrogens with two attached hydrogens (primary N) is 1. The highest BCUT2D eigenvalue weighted by Crippen LogP contribution is 2.34. The van der Waals surface area contributed by atoms with E-state index in [1.807, 2.05) is 24.3 Å². The Morgan fingerprint density at radius 3 is 2.94 bits per heavy atom. The monoisotopic (exact) mass is 238 g/mol. The van der Waals surface area contributed by atoms with Crippen LogP contribution in [-0.4, -0.2) is 24.9 Å². The van der Waals surface area contributed by atoms with E-state index in [0.717, 1.165) is 17.7 Å². The number of carbonyl (C=O) groups is 1. The zero-order chi connectivity index (χ0) is 11.5. The molecule has 1 aliphatic rings. The summed E-state index contributed by atoms with van der Waals surface area (Å²) >= 11 is 5.61. The Morgan fingerprint density at radius 1 is 1.50 bits per heavy atom. The molecule has 0 bridgehead atoms. The molecule has 2 N–H and O–H groups in total. The maximum Gasteiger partial charge on any atom is 0.241 e. The van der Waals surface area contributed by atoms with Gasteiger partial charge in [0.05, 0.1) is 0 Å². The van der Waals surface area contributed by atoms with Gasteiger partial charge in [-0.1, -0.05) is 18.2 Å². The Morgan fingerprint density at radius 2 is 2.25 bits per heavy atom. The van der Waals surface area contributed by atoms with Gasteiger partial charge in [-0.25, -0.2) is 0 Å². The van der Waals surface area contributed by atoms with Gasteiger partial charge in [0, 0.05) is 12.2 Å². The third-order valence-electron chi connectivity index (χ3n) is 3.07. The molecule has 1 unspecified atom stereocenters. The summed E-state index contributed by atoms with van der Waals surface area (Å²) < 4.78 is 0. The van der Waals surface area contributed by atoms with E-state index >= 15 is 0 Å².